The molecule has 2 fully saturated rings. The minimum Gasteiger partial charge on any atom is -0.357 e. The third kappa shape index (κ3) is 6.74. The SMILES string of the molecule is CCNC(=NCCCc1nnc(SC)n1C1CCCC1)N1CC(C)CC(C)C1.I. The Morgan fingerprint density at radius 1 is 1.17 bits per heavy atom. The first kappa shape index (κ1) is 24.8. The molecular weight excluding hydrogens is 495 g/mol. The summed E-state index contributed by atoms with van der Waals surface area (Å²) in [6, 6.07) is 0.601. The van der Waals surface area contributed by atoms with Gasteiger partial charge in [-0.2, -0.15) is 0 Å². The van der Waals surface area contributed by atoms with E-state index in [1.54, 1.807) is 11.8 Å². The number of nitrogens with one attached hydrogen (secondary N) is 1. The summed E-state index contributed by atoms with van der Waals surface area (Å²) in [7, 11) is 0. The number of halogens is 1. The van der Waals surface area contributed by atoms with Gasteiger partial charge in [0.2, 0.25) is 0 Å². The molecule has 1 N–H and O–H groups in total. The lowest BCUT2D eigenvalue weighted by atomic mass is 9.92. The zero-order chi connectivity index (χ0) is 19.9. The molecule has 0 bridgehead atoms. The predicted molar refractivity (Wildman–Crippen MR) is 134 cm³/mol. The number of aliphatic imine (C=N–C) groups is 1. The topological polar surface area (TPSA) is 58.3 Å². The molecule has 1 saturated heterocycles. The van der Waals surface area contributed by atoms with Crippen molar-refractivity contribution < 1.29 is 0 Å². The van der Waals surface area contributed by atoms with E-state index in [1.165, 1.54) is 32.1 Å². The zero-order valence-electron chi connectivity index (χ0n) is 18.6. The van der Waals surface area contributed by atoms with E-state index in [1.807, 2.05) is 0 Å². The number of nitrogens with zero attached hydrogens (tertiary/aromatic N) is 5. The molecule has 1 aliphatic carbocycles. The average Bonchev–Trinajstić information content (AvgIpc) is 3.32. The maximum Gasteiger partial charge on any atom is 0.193 e. The van der Waals surface area contributed by atoms with Gasteiger partial charge in [0.1, 0.15) is 5.82 Å². The number of hydrogen-bond acceptors (Lipinski definition) is 4. The molecule has 1 saturated carbocycles. The zero-order valence-corrected chi connectivity index (χ0v) is 21.7. The third-order valence-corrected chi connectivity index (χ3v) is 6.57. The van der Waals surface area contributed by atoms with Crippen molar-refractivity contribution >= 4 is 41.7 Å². The van der Waals surface area contributed by atoms with Crippen LogP contribution in [0.5, 0.6) is 0 Å². The first-order valence-electron chi connectivity index (χ1n) is 11.1. The standard InChI is InChI=1S/C21H38N6S.HI/c1-5-22-20(26-14-16(2)13-17(3)15-26)23-12-8-11-19-24-25-21(28-4)27(19)18-9-6-7-10-18;/h16-18H,5-15H2,1-4H3,(H,22,23);1H. The molecule has 1 aliphatic heterocycles. The van der Waals surface area contributed by atoms with Gasteiger partial charge in [-0.3, -0.25) is 4.99 Å². The molecule has 0 spiro atoms. The molecule has 0 aromatic carbocycles. The van der Waals surface area contributed by atoms with Gasteiger partial charge in [0.05, 0.1) is 0 Å². The van der Waals surface area contributed by atoms with Crippen LogP contribution in [0.4, 0.5) is 0 Å². The summed E-state index contributed by atoms with van der Waals surface area (Å²) >= 11 is 1.72. The highest BCUT2D eigenvalue weighted by atomic mass is 127. The van der Waals surface area contributed by atoms with Crippen molar-refractivity contribution in [2.75, 3.05) is 32.4 Å². The maximum absolute atomic E-state index is 4.94. The van der Waals surface area contributed by atoms with Crippen LogP contribution in [-0.2, 0) is 6.42 Å². The molecular formula is C21H39IN6S. The Labute approximate surface area is 198 Å². The molecule has 1 aromatic rings. The Kier molecular flexibility index (Phi) is 10.6. The van der Waals surface area contributed by atoms with E-state index in [0.29, 0.717) is 6.04 Å². The second-order valence-corrected chi connectivity index (χ2v) is 9.37. The lowest BCUT2D eigenvalue weighted by Gasteiger charge is -2.37. The highest BCUT2D eigenvalue weighted by Crippen LogP contribution is 2.33. The quantitative estimate of drug-likeness (QED) is 0.182. The van der Waals surface area contributed by atoms with E-state index in [2.05, 4.69) is 52.0 Å². The highest BCUT2D eigenvalue weighted by molar-refractivity contribution is 14.0. The molecule has 1 aromatic heterocycles. The summed E-state index contributed by atoms with van der Waals surface area (Å²) in [4.78, 5) is 7.40. The van der Waals surface area contributed by atoms with Crippen LogP contribution in [0.1, 0.15) is 71.2 Å². The molecule has 2 heterocycles. The van der Waals surface area contributed by atoms with Crippen molar-refractivity contribution in [3.05, 3.63) is 5.82 Å². The van der Waals surface area contributed by atoms with Gasteiger partial charge in [0, 0.05) is 38.6 Å². The fourth-order valence-electron chi connectivity index (χ4n) is 4.83. The van der Waals surface area contributed by atoms with Gasteiger partial charge in [-0.1, -0.05) is 38.5 Å². The van der Waals surface area contributed by atoms with Crippen LogP contribution in [0.15, 0.2) is 10.1 Å². The third-order valence-electron chi connectivity index (χ3n) is 5.93. The van der Waals surface area contributed by atoms with Crippen molar-refractivity contribution in [2.45, 2.75) is 76.9 Å². The first-order chi connectivity index (χ1) is 13.6. The number of guanidine groups is 1. The summed E-state index contributed by atoms with van der Waals surface area (Å²) in [6.45, 7) is 10.8. The van der Waals surface area contributed by atoms with E-state index in [4.69, 9.17) is 4.99 Å². The van der Waals surface area contributed by atoms with E-state index in [-0.39, 0.29) is 24.0 Å². The van der Waals surface area contributed by atoms with Gasteiger partial charge in [0.15, 0.2) is 11.1 Å². The number of rotatable bonds is 7. The fraction of sp³-hybridized carbons (Fsp3) is 0.857. The number of thioether (sulfide) groups is 1. The van der Waals surface area contributed by atoms with Gasteiger partial charge in [-0.25, -0.2) is 0 Å². The number of aryl methyl sites for hydroxylation is 1. The van der Waals surface area contributed by atoms with Crippen molar-refractivity contribution in [3.8, 4) is 0 Å². The molecule has 2 aliphatic rings. The van der Waals surface area contributed by atoms with E-state index in [9.17, 15) is 0 Å². The van der Waals surface area contributed by atoms with Crippen LogP contribution in [0.2, 0.25) is 0 Å². The summed E-state index contributed by atoms with van der Waals surface area (Å²) in [5.41, 5.74) is 0. The van der Waals surface area contributed by atoms with Gasteiger partial charge >= 0.3 is 0 Å². The lowest BCUT2D eigenvalue weighted by molar-refractivity contribution is 0.208. The number of hydrogen-bond donors (Lipinski definition) is 1. The lowest BCUT2D eigenvalue weighted by Crippen LogP contribution is -2.48. The smallest absolute Gasteiger partial charge is 0.193 e. The number of piperidine rings is 1. The average molecular weight is 535 g/mol. The second-order valence-electron chi connectivity index (χ2n) is 8.60. The summed E-state index contributed by atoms with van der Waals surface area (Å²) in [5.74, 6) is 3.71. The van der Waals surface area contributed by atoms with Crippen molar-refractivity contribution in [3.63, 3.8) is 0 Å². The summed E-state index contributed by atoms with van der Waals surface area (Å²) in [6.07, 6.45) is 10.6. The molecule has 3 rings (SSSR count). The van der Waals surface area contributed by atoms with Gasteiger partial charge in [-0.15, -0.1) is 34.2 Å². The Balaban J connectivity index is 0.00000300. The minimum absolute atomic E-state index is 0. The largest absolute Gasteiger partial charge is 0.357 e. The second kappa shape index (κ2) is 12.4. The molecule has 0 radical (unpaired) electrons. The Morgan fingerprint density at radius 2 is 1.86 bits per heavy atom. The van der Waals surface area contributed by atoms with E-state index >= 15 is 0 Å². The van der Waals surface area contributed by atoms with E-state index < -0.39 is 0 Å². The van der Waals surface area contributed by atoms with Gasteiger partial charge in [0.25, 0.3) is 0 Å². The van der Waals surface area contributed by atoms with Crippen molar-refractivity contribution in [1.82, 2.24) is 25.0 Å². The first-order valence-corrected chi connectivity index (χ1v) is 12.4. The Bertz CT molecular complexity index is 633. The van der Waals surface area contributed by atoms with E-state index in [0.717, 1.165) is 67.8 Å². The Morgan fingerprint density at radius 3 is 2.48 bits per heavy atom. The van der Waals surface area contributed by atoms with Crippen molar-refractivity contribution in [2.24, 2.45) is 16.8 Å². The van der Waals surface area contributed by atoms with Gasteiger partial charge < -0.3 is 14.8 Å². The molecule has 6 nitrogen and oxygen atoms in total. The normalized spacial score (nSPS) is 23.3. The maximum atomic E-state index is 4.94. The Hall–Kier alpha value is -0.510. The number of aromatic nitrogens is 3. The monoisotopic (exact) mass is 534 g/mol. The minimum atomic E-state index is 0. The summed E-state index contributed by atoms with van der Waals surface area (Å²) in [5, 5.41) is 13.5. The van der Waals surface area contributed by atoms with Crippen LogP contribution in [0.3, 0.4) is 0 Å². The molecule has 29 heavy (non-hydrogen) atoms. The van der Waals surface area contributed by atoms with Crippen LogP contribution in [0.25, 0.3) is 0 Å². The molecule has 2 unspecified atom stereocenters. The fourth-order valence-corrected chi connectivity index (χ4v) is 5.40. The predicted octanol–water partition coefficient (Wildman–Crippen LogP) is 4.61. The number of likely N-dealkylation sites (tertiary alicyclic amines) is 1. The van der Waals surface area contributed by atoms with Gasteiger partial charge in [-0.05, 0) is 50.7 Å². The van der Waals surface area contributed by atoms with Crippen molar-refractivity contribution in [1.29, 1.82) is 0 Å². The molecule has 2 atom stereocenters. The van der Waals surface area contributed by atoms with Crippen LogP contribution >= 0.6 is 35.7 Å². The highest BCUT2D eigenvalue weighted by Gasteiger charge is 2.25. The molecule has 166 valence electrons. The van der Waals surface area contributed by atoms with Crippen LogP contribution in [-0.4, -0.2) is 58.1 Å². The molecule has 8 heteroatoms. The van der Waals surface area contributed by atoms with Crippen LogP contribution in [0, 0.1) is 11.8 Å². The van der Waals surface area contributed by atoms with Crippen LogP contribution < -0.4 is 5.32 Å². The molecule has 0 amide bonds. The summed E-state index contributed by atoms with van der Waals surface area (Å²) < 4.78 is 2.42.